The first kappa shape index (κ1) is 13.8. The second-order valence-electron chi connectivity index (χ2n) is 5.55. The van der Waals surface area contributed by atoms with Gasteiger partial charge < -0.3 is 9.63 Å². The highest BCUT2D eigenvalue weighted by Gasteiger charge is 2.26. The first-order valence-electron chi connectivity index (χ1n) is 7.16. The van der Waals surface area contributed by atoms with Crippen molar-refractivity contribution in [3.63, 3.8) is 0 Å². The summed E-state index contributed by atoms with van der Waals surface area (Å²) in [5.74, 6) is 0.537. The second kappa shape index (κ2) is 6.10. The summed E-state index contributed by atoms with van der Waals surface area (Å²) in [6, 6.07) is 11.7. The van der Waals surface area contributed by atoms with Crippen molar-refractivity contribution in [1.29, 1.82) is 0 Å². The number of benzene rings is 1. The van der Waals surface area contributed by atoms with Crippen LogP contribution in [-0.2, 0) is 11.3 Å². The van der Waals surface area contributed by atoms with E-state index in [0.29, 0.717) is 18.2 Å². The van der Waals surface area contributed by atoms with Crippen LogP contribution in [-0.4, -0.2) is 34.2 Å². The van der Waals surface area contributed by atoms with Crippen LogP contribution in [0, 0.1) is 5.92 Å². The van der Waals surface area contributed by atoms with Gasteiger partial charge in [0.25, 0.3) is 0 Å². The summed E-state index contributed by atoms with van der Waals surface area (Å²) in [7, 11) is 0. The molecule has 0 amide bonds. The number of carbonyl (C=O) groups is 1. The van der Waals surface area contributed by atoms with Gasteiger partial charge in [0.05, 0.1) is 13.1 Å². The van der Waals surface area contributed by atoms with Crippen LogP contribution in [0.15, 0.2) is 40.9 Å². The molecule has 1 N–H and O–H groups in total. The van der Waals surface area contributed by atoms with Gasteiger partial charge >= 0.3 is 5.97 Å². The standard InChI is InChI=1S/C16H18N2O3/c19-16(20)11-18(9-12-6-7-12)10-14-8-15(17-21-14)13-4-2-1-3-5-13/h1-5,8,12H,6-7,9-11H2,(H,19,20). The number of hydrogen-bond donors (Lipinski definition) is 1. The second-order valence-corrected chi connectivity index (χ2v) is 5.55. The molecule has 1 heterocycles. The highest BCUT2D eigenvalue weighted by molar-refractivity contribution is 5.69. The molecule has 5 heteroatoms. The average Bonchev–Trinajstić information content (AvgIpc) is 3.15. The monoisotopic (exact) mass is 286 g/mol. The van der Waals surface area contributed by atoms with Crippen molar-refractivity contribution in [3.05, 3.63) is 42.2 Å². The van der Waals surface area contributed by atoms with Crippen LogP contribution in [0.1, 0.15) is 18.6 Å². The maximum atomic E-state index is 10.9. The minimum atomic E-state index is -0.807. The quantitative estimate of drug-likeness (QED) is 0.847. The molecule has 2 aromatic rings. The van der Waals surface area contributed by atoms with E-state index in [-0.39, 0.29) is 6.54 Å². The zero-order chi connectivity index (χ0) is 14.7. The van der Waals surface area contributed by atoms with E-state index in [0.717, 1.165) is 17.8 Å². The molecule has 1 aliphatic rings. The van der Waals surface area contributed by atoms with E-state index >= 15 is 0 Å². The maximum absolute atomic E-state index is 10.9. The van der Waals surface area contributed by atoms with Crippen LogP contribution >= 0.6 is 0 Å². The zero-order valence-corrected chi connectivity index (χ0v) is 11.7. The van der Waals surface area contributed by atoms with E-state index in [9.17, 15) is 4.79 Å². The Morgan fingerprint density at radius 3 is 2.76 bits per heavy atom. The summed E-state index contributed by atoms with van der Waals surface area (Å²) in [6.07, 6.45) is 2.39. The number of carboxylic acids is 1. The summed E-state index contributed by atoms with van der Waals surface area (Å²) in [4.78, 5) is 12.9. The lowest BCUT2D eigenvalue weighted by Gasteiger charge is -2.17. The Labute approximate surface area is 123 Å². The van der Waals surface area contributed by atoms with Gasteiger partial charge in [-0.25, -0.2) is 0 Å². The van der Waals surface area contributed by atoms with Crippen molar-refractivity contribution in [3.8, 4) is 11.3 Å². The molecule has 0 spiro atoms. The molecule has 110 valence electrons. The third-order valence-electron chi connectivity index (χ3n) is 3.58. The van der Waals surface area contributed by atoms with Crippen molar-refractivity contribution in [2.75, 3.05) is 13.1 Å². The lowest BCUT2D eigenvalue weighted by molar-refractivity contribution is -0.138. The van der Waals surface area contributed by atoms with Gasteiger partial charge in [0.15, 0.2) is 5.76 Å². The summed E-state index contributed by atoms with van der Waals surface area (Å²) in [5, 5.41) is 13.1. The van der Waals surface area contributed by atoms with Gasteiger partial charge in [-0.15, -0.1) is 0 Å². The molecule has 0 bridgehead atoms. The Kier molecular flexibility index (Phi) is 4.01. The minimum absolute atomic E-state index is 0.0396. The smallest absolute Gasteiger partial charge is 0.317 e. The lowest BCUT2D eigenvalue weighted by atomic mass is 10.1. The number of carboxylic acid groups (broad SMARTS) is 1. The van der Waals surface area contributed by atoms with Crippen molar-refractivity contribution in [2.24, 2.45) is 5.92 Å². The van der Waals surface area contributed by atoms with Gasteiger partial charge in [-0.2, -0.15) is 0 Å². The van der Waals surface area contributed by atoms with Gasteiger partial charge in [0.2, 0.25) is 0 Å². The Balaban J connectivity index is 1.68. The van der Waals surface area contributed by atoms with Crippen molar-refractivity contribution >= 4 is 5.97 Å². The van der Waals surface area contributed by atoms with Crippen LogP contribution < -0.4 is 0 Å². The Morgan fingerprint density at radius 2 is 2.10 bits per heavy atom. The topological polar surface area (TPSA) is 66.6 Å². The average molecular weight is 286 g/mol. The number of rotatable bonds is 7. The largest absolute Gasteiger partial charge is 0.480 e. The Morgan fingerprint density at radius 1 is 1.33 bits per heavy atom. The molecule has 1 aliphatic carbocycles. The predicted octanol–water partition coefficient (Wildman–Crippen LogP) is 2.64. The summed E-state index contributed by atoms with van der Waals surface area (Å²) in [6.45, 7) is 1.34. The number of aromatic nitrogens is 1. The first-order chi connectivity index (χ1) is 10.2. The fourth-order valence-corrected chi connectivity index (χ4v) is 2.39. The van der Waals surface area contributed by atoms with Crippen molar-refractivity contribution in [1.82, 2.24) is 10.1 Å². The lowest BCUT2D eigenvalue weighted by Crippen LogP contribution is -2.31. The van der Waals surface area contributed by atoms with E-state index in [4.69, 9.17) is 9.63 Å². The Bertz CT molecular complexity index is 605. The predicted molar refractivity (Wildman–Crippen MR) is 77.6 cm³/mol. The molecule has 5 nitrogen and oxygen atoms in total. The van der Waals surface area contributed by atoms with Crippen LogP contribution in [0.2, 0.25) is 0 Å². The summed E-state index contributed by atoms with van der Waals surface area (Å²) >= 11 is 0. The fourth-order valence-electron chi connectivity index (χ4n) is 2.39. The van der Waals surface area contributed by atoms with Crippen LogP contribution in [0.4, 0.5) is 0 Å². The highest BCUT2D eigenvalue weighted by Crippen LogP contribution is 2.30. The number of nitrogens with zero attached hydrogens (tertiary/aromatic N) is 2. The van der Waals surface area contributed by atoms with E-state index in [2.05, 4.69) is 5.16 Å². The molecule has 1 aromatic carbocycles. The van der Waals surface area contributed by atoms with E-state index in [1.165, 1.54) is 12.8 Å². The van der Waals surface area contributed by atoms with Crippen LogP contribution in [0.5, 0.6) is 0 Å². The molecular weight excluding hydrogens is 268 g/mol. The third kappa shape index (κ3) is 3.92. The molecule has 21 heavy (non-hydrogen) atoms. The SMILES string of the molecule is O=C(O)CN(Cc1cc(-c2ccccc2)no1)CC1CC1. The fraction of sp³-hybridized carbons (Fsp3) is 0.375. The van der Waals surface area contributed by atoms with Gasteiger partial charge in [0.1, 0.15) is 5.69 Å². The van der Waals surface area contributed by atoms with E-state index < -0.39 is 5.97 Å². The molecule has 0 radical (unpaired) electrons. The maximum Gasteiger partial charge on any atom is 0.317 e. The Hall–Kier alpha value is -2.14. The van der Waals surface area contributed by atoms with Crippen molar-refractivity contribution in [2.45, 2.75) is 19.4 Å². The number of aliphatic carboxylic acids is 1. The molecule has 1 fully saturated rings. The van der Waals surface area contributed by atoms with Gasteiger partial charge in [-0.3, -0.25) is 9.69 Å². The van der Waals surface area contributed by atoms with Gasteiger partial charge in [-0.05, 0) is 18.8 Å². The van der Waals surface area contributed by atoms with Gasteiger partial charge in [-0.1, -0.05) is 35.5 Å². The van der Waals surface area contributed by atoms with E-state index in [1.54, 1.807) is 0 Å². The van der Waals surface area contributed by atoms with Gasteiger partial charge in [0, 0.05) is 18.2 Å². The number of hydrogen-bond acceptors (Lipinski definition) is 4. The highest BCUT2D eigenvalue weighted by atomic mass is 16.5. The summed E-state index contributed by atoms with van der Waals surface area (Å²) in [5.41, 5.74) is 1.78. The normalized spacial score (nSPS) is 14.5. The first-order valence-corrected chi connectivity index (χ1v) is 7.16. The minimum Gasteiger partial charge on any atom is -0.480 e. The third-order valence-corrected chi connectivity index (χ3v) is 3.58. The molecule has 1 saturated carbocycles. The molecule has 0 unspecified atom stereocenters. The van der Waals surface area contributed by atoms with Crippen LogP contribution in [0.25, 0.3) is 11.3 Å². The molecular formula is C16H18N2O3. The van der Waals surface area contributed by atoms with E-state index in [1.807, 2.05) is 41.3 Å². The van der Waals surface area contributed by atoms with Crippen molar-refractivity contribution < 1.29 is 14.4 Å². The van der Waals surface area contributed by atoms with Crippen LogP contribution in [0.3, 0.4) is 0 Å². The molecule has 0 atom stereocenters. The summed E-state index contributed by atoms with van der Waals surface area (Å²) < 4.78 is 5.35. The molecule has 0 saturated heterocycles. The zero-order valence-electron chi connectivity index (χ0n) is 11.7. The molecule has 3 rings (SSSR count). The molecule has 1 aromatic heterocycles. The molecule has 0 aliphatic heterocycles.